The predicted octanol–water partition coefficient (Wildman–Crippen LogP) is -1.11. The molecule has 2 heterocycles. The molecule has 2 fully saturated rings. The van der Waals surface area contributed by atoms with E-state index in [0.29, 0.717) is 13.1 Å². The van der Waals surface area contributed by atoms with Gasteiger partial charge in [0.1, 0.15) is 0 Å². The molecule has 20 heavy (non-hydrogen) atoms. The van der Waals surface area contributed by atoms with E-state index in [-0.39, 0.29) is 17.9 Å². The predicted molar refractivity (Wildman–Crippen MR) is 73.5 cm³/mol. The molecule has 116 valence electrons. The van der Waals surface area contributed by atoms with E-state index >= 15 is 0 Å². The maximum atomic E-state index is 11.6. The van der Waals surface area contributed by atoms with Gasteiger partial charge in [0.25, 0.3) is 0 Å². The van der Waals surface area contributed by atoms with Gasteiger partial charge in [0.15, 0.2) is 9.84 Å². The van der Waals surface area contributed by atoms with Crippen molar-refractivity contribution >= 4 is 15.8 Å². The van der Waals surface area contributed by atoms with E-state index in [9.17, 15) is 13.2 Å². The third kappa shape index (κ3) is 4.69. The molecular weight excluding hydrogens is 284 g/mol. The number of hydrogen-bond acceptors (Lipinski definition) is 6. The van der Waals surface area contributed by atoms with E-state index in [4.69, 9.17) is 9.84 Å². The molecule has 0 amide bonds. The van der Waals surface area contributed by atoms with Crippen LogP contribution in [-0.4, -0.2) is 92.8 Å². The fourth-order valence-corrected chi connectivity index (χ4v) is 4.29. The quantitative estimate of drug-likeness (QED) is 0.689. The number of carbonyl (C=O) groups is 1. The fourth-order valence-electron chi connectivity index (χ4n) is 2.70. The van der Waals surface area contributed by atoms with Crippen LogP contribution in [0.25, 0.3) is 0 Å². The summed E-state index contributed by atoms with van der Waals surface area (Å²) in [6.45, 7) is 5.21. The summed E-state index contributed by atoms with van der Waals surface area (Å²) in [5.74, 6) is -0.849. The molecule has 1 unspecified atom stereocenters. The van der Waals surface area contributed by atoms with E-state index in [1.165, 1.54) is 0 Å². The van der Waals surface area contributed by atoms with Crippen molar-refractivity contribution in [2.45, 2.75) is 12.5 Å². The number of ether oxygens (including phenoxy) is 1. The topological polar surface area (TPSA) is 87.1 Å². The molecule has 0 radical (unpaired) electrons. The minimum atomic E-state index is -3.09. The Morgan fingerprint density at radius 2 is 1.90 bits per heavy atom. The lowest BCUT2D eigenvalue weighted by Gasteiger charge is -2.36. The Kier molecular flexibility index (Phi) is 5.36. The molecule has 0 aliphatic carbocycles. The van der Waals surface area contributed by atoms with Gasteiger partial charge in [-0.2, -0.15) is 0 Å². The van der Waals surface area contributed by atoms with Gasteiger partial charge in [-0.1, -0.05) is 0 Å². The smallest absolute Gasteiger partial charge is 0.304 e. The van der Waals surface area contributed by atoms with Crippen LogP contribution in [0.4, 0.5) is 0 Å². The lowest BCUT2D eigenvalue weighted by atomic mass is 10.2. The number of sulfone groups is 1. The van der Waals surface area contributed by atoms with Crippen molar-refractivity contribution in [2.75, 3.05) is 57.4 Å². The van der Waals surface area contributed by atoms with Crippen molar-refractivity contribution in [3.05, 3.63) is 0 Å². The molecule has 0 bridgehead atoms. The first kappa shape index (κ1) is 15.7. The van der Waals surface area contributed by atoms with Gasteiger partial charge in [-0.25, -0.2) is 8.42 Å². The van der Waals surface area contributed by atoms with Crippen molar-refractivity contribution in [3.63, 3.8) is 0 Å². The first-order valence-electron chi connectivity index (χ1n) is 6.93. The number of carboxylic acids is 1. The van der Waals surface area contributed by atoms with Crippen molar-refractivity contribution in [1.29, 1.82) is 0 Å². The molecule has 1 atom stereocenters. The second kappa shape index (κ2) is 6.84. The second-order valence-corrected chi connectivity index (χ2v) is 7.58. The van der Waals surface area contributed by atoms with Crippen molar-refractivity contribution in [1.82, 2.24) is 9.80 Å². The molecule has 8 heteroatoms. The third-order valence-electron chi connectivity index (χ3n) is 3.87. The summed E-state index contributed by atoms with van der Waals surface area (Å²) in [6, 6.07) is -0.396. The van der Waals surface area contributed by atoms with Crippen LogP contribution in [0.3, 0.4) is 0 Å². The number of morpholine rings is 1. The molecule has 0 aromatic heterocycles. The summed E-state index contributed by atoms with van der Waals surface area (Å²) >= 11 is 0. The zero-order valence-electron chi connectivity index (χ0n) is 11.5. The number of rotatable bonds is 5. The average Bonchev–Trinajstić information content (AvgIpc) is 2.37. The zero-order valence-corrected chi connectivity index (χ0v) is 12.3. The molecule has 2 aliphatic heterocycles. The average molecular weight is 306 g/mol. The normalized spacial score (nSPS) is 28.3. The first-order valence-corrected chi connectivity index (χ1v) is 8.75. The Hall–Kier alpha value is -0.700. The summed E-state index contributed by atoms with van der Waals surface area (Å²) in [6.07, 6.45) is -0.109. The van der Waals surface area contributed by atoms with Crippen LogP contribution in [-0.2, 0) is 19.4 Å². The van der Waals surface area contributed by atoms with Crippen molar-refractivity contribution in [2.24, 2.45) is 0 Å². The molecule has 2 aliphatic rings. The van der Waals surface area contributed by atoms with Crippen LogP contribution in [0.15, 0.2) is 0 Å². The summed E-state index contributed by atoms with van der Waals surface area (Å²) in [7, 11) is -3.09. The van der Waals surface area contributed by atoms with Crippen LogP contribution in [0.5, 0.6) is 0 Å². The van der Waals surface area contributed by atoms with E-state index in [1.807, 2.05) is 4.90 Å². The van der Waals surface area contributed by atoms with Gasteiger partial charge in [0.2, 0.25) is 0 Å². The molecule has 1 N–H and O–H groups in total. The highest BCUT2D eigenvalue weighted by atomic mass is 32.2. The van der Waals surface area contributed by atoms with Crippen molar-refractivity contribution < 1.29 is 23.1 Å². The third-order valence-corrected chi connectivity index (χ3v) is 5.57. The highest BCUT2D eigenvalue weighted by molar-refractivity contribution is 7.91. The Morgan fingerprint density at radius 3 is 2.55 bits per heavy atom. The first-order chi connectivity index (χ1) is 9.46. The summed E-state index contributed by atoms with van der Waals surface area (Å²) < 4.78 is 28.6. The van der Waals surface area contributed by atoms with Gasteiger partial charge in [0.05, 0.1) is 31.1 Å². The molecule has 7 nitrogen and oxygen atoms in total. The minimum Gasteiger partial charge on any atom is -0.481 e. The van der Waals surface area contributed by atoms with Crippen LogP contribution in [0.1, 0.15) is 6.42 Å². The highest BCUT2D eigenvalue weighted by Gasteiger charge is 2.32. The SMILES string of the molecule is O=C(O)CC1CS(=O)(=O)CCN1CCN1CCOCC1. The molecule has 2 saturated heterocycles. The standard InChI is InChI=1S/C12H22N2O5S/c15-12(16)9-11-10-20(17,18)8-5-14(11)2-1-13-3-6-19-7-4-13/h11H,1-10H2,(H,15,16). The van der Waals surface area contributed by atoms with Crippen LogP contribution in [0, 0.1) is 0 Å². The summed E-state index contributed by atoms with van der Waals surface area (Å²) in [5, 5.41) is 8.92. The number of aliphatic carboxylic acids is 1. The Bertz CT molecular complexity index is 433. The van der Waals surface area contributed by atoms with E-state index in [1.54, 1.807) is 0 Å². The molecule has 2 rings (SSSR count). The van der Waals surface area contributed by atoms with Gasteiger partial charge >= 0.3 is 5.97 Å². The van der Waals surface area contributed by atoms with Crippen LogP contribution < -0.4 is 0 Å². The second-order valence-electron chi connectivity index (χ2n) is 5.36. The Morgan fingerprint density at radius 1 is 1.20 bits per heavy atom. The molecule has 0 saturated carbocycles. The van der Waals surface area contributed by atoms with Gasteiger partial charge < -0.3 is 9.84 Å². The van der Waals surface area contributed by atoms with Gasteiger partial charge in [-0.15, -0.1) is 0 Å². The van der Waals surface area contributed by atoms with E-state index < -0.39 is 21.8 Å². The lowest BCUT2D eigenvalue weighted by Crippen LogP contribution is -2.52. The van der Waals surface area contributed by atoms with Gasteiger partial charge in [-0.3, -0.25) is 14.6 Å². The number of nitrogens with zero attached hydrogens (tertiary/aromatic N) is 2. The molecule has 0 aromatic carbocycles. The summed E-state index contributed by atoms with van der Waals surface area (Å²) in [4.78, 5) is 15.2. The lowest BCUT2D eigenvalue weighted by molar-refractivity contribution is -0.138. The van der Waals surface area contributed by atoms with Gasteiger partial charge in [0, 0.05) is 38.8 Å². The summed E-state index contributed by atoms with van der Waals surface area (Å²) in [5.41, 5.74) is 0. The maximum Gasteiger partial charge on any atom is 0.304 e. The van der Waals surface area contributed by atoms with Crippen molar-refractivity contribution in [3.8, 4) is 0 Å². The molecule has 0 spiro atoms. The monoisotopic (exact) mass is 306 g/mol. The van der Waals surface area contributed by atoms with E-state index in [2.05, 4.69) is 4.90 Å². The Balaban J connectivity index is 1.88. The largest absolute Gasteiger partial charge is 0.481 e. The Labute approximate surface area is 119 Å². The number of hydrogen-bond donors (Lipinski definition) is 1. The fraction of sp³-hybridized carbons (Fsp3) is 0.917. The highest BCUT2D eigenvalue weighted by Crippen LogP contribution is 2.15. The van der Waals surface area contributed by atoms with Gasteiger partial charge in [-0.05, 0) is 0 Å². The molecule has 0 aromatic rings. The zero-order chi connectivity index (χ0) is 14.6. The maximum absolute atomic E-state index is 11.6. The molecular formula is C12H22N2O5S. The van der Waals surface area contributed by atoms with Crippen LogP contribution in [0.2, 0.25) is 0 Å². The number of carboxylic acid groups (broad SMARTS) is 1. The van der Waals surface area contributed by atoms with Crippen LogP contribution >= 0.6 is 0 Å². The van der Waals surface area contributed by atoms with E-state index in [0.717, 1.165) is 32.8 Å². The minimum absolute atomic E-state index is 0.0393.